The van der Waals surface area contributed by atoms with Crippen molar-refractivity contribution < 1.29 is 14.6 Å². The second-order valence-electron chi connectivity index (χ2n) is 5.85. The van der Waals surface area contributed by atoms with E-state index >= 15 is 0 Å². The molecule has 0 aliphatic heterocycles. The SMILES string of the molecule is O=C(NC1CCCC1O)c1ccccc1OCc1ccccc1. The highest BCUT2D eigenvalue weighted by Crippen LogP contribution is 2.22. The van der Waals surface area contributed by atoms with Gasteiger partial charge in [-0.25, -0.2) is 0 Å². The van der Waals surface area contributed by atoms with Gasteiger partial charge in [0.25, 0.3) is 5.91 Å². The number of amides is 1. The van der Waals surface area contributed by atoms with Gasteiger partial charge in [-0.05, 0) is 37.0 Å². The first kappa shape index (κ1) is 15.6. The molecule has 1 amide bonds. The smallest absolute Gasteiger partial charge is 0.255 e. The summed E-state index contributed by atoms with van der Waals surface area (Å²) in [5, 5.41) is 12.8. The Labute approximate surface area is 136 Å². The van der Waals surface area contributed by atoms with Crippen molar-refractivity contribution >= 4 is 5.91 Å². The molecule has 2 aromatic carbocycles. The van der Waals surface area contributed by atoms with Gasteiger partial charge in [0.15, 0.2) is 0 Å². The zero-order chi connectivity index (χ0) is 16.1. The molecule has 2 atom stereocenters. The number of hydrogen-bond donors (Lipinski definition) is 2. The van der Waals surface area contributed by atoms with Crippen LogP contribution in [0.25, 0.3) is 0 Å². The van der Waals surface area contributed by atoms with Gasteiger partial charge in [-0.1, -0.05) is 42.5 Å². The van der Waals surface area contributed by atoms with Crippen LogP contribution in [-0.2, 0) is 6.61 Å². The molecule has 1 aliphatic carbocycles. The molecule has 0 radical (unpaired) electrons. The Kier molecular flexibility index (Phi) is 4.93. The first-order valence-electron chi connectivity index (χ1n) is 7.99. The Morgan fingerprint density at radius 2 is 1.83 bits per heavy atom. The standard InChI is InChI=1S/C19H21NO3/c21-17-11-6-10-16(17)20-19(22)15-9-4-5-12-18(15)23-13-14-7-2-1-3-8-14/h1-5,7-9,12,16-17,21H,6,10-11,13H2,(H,20,22). The van der Waals surface area contributed by atoms with Gasteiger partial charge >= 0.3 is 0 Å². The largest absolute Gasteiger partial charge is 0.488 e. The highest BCUT2D eigenvalue weighted by molar-refractivity contribution is 5.97. The van der Waals surface area contributed by atoms with Gasteiger partial charge in [-0.2, -0.15) is 0 Å². The Bertz CT molecular complexity index is 657. The molecule has 0 spiro atoms. The van der Waals surface area contributed by atoms with Crippen LogP contribution in [0.4, 0.5) is 0 Å². The maximum atomic E-state index is 12.5. The van der Waals surface area contributed by atoms with E-state index in [0.29, 0.717) is 17.9 Å². The Balaban J connectivity index is 1.68. The maximum absolute atomic E-state index is 12.5. The molecule has 0 bridgehead atoms. The van der Waals surface area contributed by atoms with Crippen LogP contribution >= 0.6 is 0 Å². The normalized spacial score (nSPS) is 20.2. The van der Waals surface area contributed by atoms with Crippen LogP contribution in [0.1, 0.15) is 35.2 Å². The molecule has 0 aromatic heterocycles. The number of aliphatic hydroxyl groups excluding tert-OH is 1. The molecular formula is C19H21NO3. The van der Waals surface area contributed by atoms with Gasteiger partial charge in [-0.3, -0.25) is 4.79 Å². The van der Waals surface area contributed by atoms with Crippen molar-refractivity contribution in [3.63, 3.8) is 0 Å². The summed E-state index contributed by atoms with van der Waals surface area (Å²) in [6, 6.07) is 16.9. The van der Waals surface area contributed by atoms with Gasteiger partial charge < -0.3 is 15.2 Å². The average Bonchev–Trinajstić information content (AvgIpc) is 2.99. The van der Waals surface area contributed by atoms with Crippen molar-refractivity contribution in [1.29, 1.82) is 0 Å². The van der Waals surface area contributed by atoms with Crippen LogP contribution < -0.4 is 10.1 Å². The zero-order valence-electron chi connectivity index (χ0n) is 12.9. The van der Waals surface area contributed by atoms with Crippen LogP contribution in [0, 0.1) is 0 Å². The van der Waals surface area contributed by atoms with Crippen molar-refractivity contribution in [2.75, 3.05) is 0 Å². The lowest BCUT2D eigenvalue weighted by molar-refractivity contribution is 0.0869. The first-order valence-corrected chi connectivity index (χ1v) is 7.99. The van der Waals surface area contributed by atoms with E-state index in [1.165, 1.54) is 0 Å². The number of hydrogen-bond acceptors (Lipinski definition) is 3. The summed E-state index contributed by atoms with van der Waals surface area (Å²) >= 11 is 0. The molecule has 120 valence electrons. The minimum atomic E-state index is -0.448. The molecule has 23 heavy (non-hydrogen) atoms. The summed E-state index contributed by atoms with van der Waals surface area (Å²) < 4.78 is 5.81. The number of carbonyl (C=O) groups excluding carboxylic acids is 1. The van der Waals surface area contributed by atoms with Crippen molar-refractivity contribution in [3.8, 4) is 5.75 Å². The lowest BCUT2D eigenvalue weighted by Crippen LogP contribution is -2.39. The van der Waals surface area contributed by atoms with Gasteiger partial charge in [0, 0.05) is 0 Å². The number of aliphatic hydroxyl groups is 1. The zero-order valence-corrected chi connectivity index (χ0v) is 12.9. The molecule has 4 nitrogen and oxygen atoms in total. The molecule has 0 saturated heterocycles. The second-order valence-corrected chi connectivity index (χ2v) is 5.85. The molecule has 2 aromatic rings. The molecule has 1 aliphatic rings. The minimum Gasteiger partial charge on any atom is -0.488 e. The summed E-state index contributed by atoms with van der Waals surface area (Å²) in [5.41, 5.74) is 1.55. The van der Waals surface area contributed by atoms with E-state index in [9.17, 15) is 9.90 Å². The van der Waals surface area contributed by atoms with E-state index in [1.807, 2.05) is 42.5 Å². The summed E-state index contributed by atoms with van der Waals surface area (Å²) in [5.74, 6) is 0.362. The van der Waals surface area contributed by atoms with Crippen LogP contribution in [-0.4, -0.2) is 23.2 Å². The average molecular weight is 311 g/mol. The van der Waals surface area contributed by atoms with E-state index in [2.05, 4.69) is 5.32 Å². The van der Waals surface area contributed by atoms with Crippen molar-refractivity contribution in [2.24, 2.45) is 0 Å². The van der Waals surface area contributed by atoms with Crippen LogP contribution in [0.5, 0.6) is 5.75 Å². The summed E-state index contributed by atoms with van der Waals surface area (Å²) in [6.07, 6.45) is 2.06. The second kappa shape index (κ2) is 7.29. The number of carbonyl (C=O) groups is 1. The quantitative estimate of drug-likeness (QED) is 0.892. The third-order valence-electron chi connectivity index (χ3n) is 4.16. The third-order valence-corrected chi connectivity index (χ3v) is 4.16. The predicted octanol–water partition coefficient (Wildman–Crippen LogP) is 2.91. The summed E-state index contributed by atoms with van der Waals surface area (Å²) in [7, 11) is 0. The van der Waals surface area contributed by atoms with Gasteiger partial charge in [0.2, 0.25) is 0 Å². The fourth-order valence-electron chi connectivity index (χ4n) is 2.87. The Hall–Kier alpha value is -2.33. The molecular weight excluding hydrogens is 290 g/mol. The fourth-order valence-corrected chi connectivity index (χ4v) is 2.87. The number of para-hydroxylation sites is 1. The molecule has 2 unspecified atom stereocenters. The predicted molar refractivity (Wildman–Crippen MR) is 88.3 cm³/mol. The molecule has 1 saturated carbocycles. The van der Waals surface area contributed by atoms with Crippen LogP contribution in [0.15, 0.2) is 54.6 Å². The first-order chi connectivity index (χ1) is 11.2. The molecule has 0 heterocycles. The monoisotopic (exact) mass is 311 g/mol. The van der Waals surface area contributed by atoms with Gasteiger partial charge in [0.1, 0.15) is 12.4 Å². The van der Waals surface area contributed by atoms with Crippen molar-refractivity contribution in [1.82, 2.24) is 5.32 Å². The number of nitrogens with one attached hydrogen (secondary N) is 1. The number of ether oxygens (including phenoxy) is 1. The van der Waals surface area contributed by atoms with Crippen LogP contribution in [0.3, 0.4) is 0 Å². The maximum Gasteiger partial charge on any atom is 0.255 e. The highest BCUT2D eigenvalue weighted by atomic mass is 16.5. The number of rotatable bonds is 5. The third kappa shape index (κ3) is 3.90. The Morgan fingerprint density at radius 3 is 2.57 bits per heavy atom. The van der Waals surface area contributed by atoms with E-state index in [0.717, 1.165) is 24.8 Å². The highest BCUT2D eigenvalue weighted by Gasteiger charge is 2.27. The van der Waals surface area contributed by atoms with Gasteiger partial charge in [-0.15, -0.1) is 0 Å². The molecule has 2 N–H and O–H groups in total. The minimum absolute atomic E-state index is 0.162. The summed E-state index contributed by atoms with van der Waals surface area (Å²) in [4.78, 5) is 12.5. The van der Waals surface area contributed by atoms with E-state index < -0.39 is 6.10 Å². The molecule has 1 fully saturated rings. The lowest BCUT2D eigenvalue weighted by Gasteiger charge is -2.18. The van der Waals surface area contributed by atoms with E-state index in [-0.39, 0.29) is 11.9 Å². The van der Waals surface area contributed by atoms with E-state index in [4.69, 9.17) is 4.74 Å². The topological polar surface area (TPSA) is 58.6 Å². The van der Waals surface area contributed by atoms with Crippen molar-refractivity contribution in [3.05, 3.63) is 65.7 Å². The number of benzene rings is 2. The molecule has 3 rings (SSSR count). The fraction of sp³-hybridized carbons (Fsp3) is 0.316. The summed E-state index contributed by atoms with van der Waals surface area (Å²) in [6.45, 7) is 0.414. The van der Waals surface area contributed by atoms with Gasteiger partial charge in [0.05, 0.1) is 17.7 Å². The van der Waals surface area contributed by atoms with E-state index in [1.54, 1.807) is 12.1 Å². The molecule has 4 heteroatoms. The van der Waals surface area contributed by atoms with Crippen LogP contribution in [0.2, 0.25) is 0 Å². The lowest BCUT2D eigenvalue weighted by atomic mass is 10.1. The Morgan fingerprint density at radius 1 is 1.09 bits per heavy atom. The van der Waals surface area contributed by atoms with Crippen molar-refractivity contribution in [2.45, 2.75) is 38.0 Å².